The summed E-state index contributed by atoms with van der Waals surface area (Å²) < 4.78 is 0. The average molecular weight is 284 g/mol. The summed E-state index contributed by atoms with van der Waals surface area (Å²) in [5.74, 6) is 0. The van der Waals surface area contributed by atoms with Gasteiger partial charge in [-0.2, -0.15) is 0 Å². The van der Waals surface area contributed by atoms with E-state index in [-0.39, 0.29) is 6.04 Å². The fraction of sp³-hybridized carbons (Fsp3) is 0.462. The van der Waals surface area contributed by atoms with E-state index < -0.39 is 6.09 Å². The SMILES string of the molecule is Cc1cc(N)c(Cl)cc1N1CCC(N(C)C(=O)O)C1. The number of nitrogens with zero attached hydrogens (tertiary/aromatic N) is 2. The van der Waals surface area contributed by atoms with Crippen molar-refractivity contribution in [2.75, 3.05) is 30.8 Å². The number of nitrogen functional groups attached to an aromatic ring is 1. The van der Waals surface area contributed by atoms with Crippen LogP contribution in [0.3, 0.4) is 0 Å². The molecule has 1 aliphatic heterocycles. The summed E-state index contributed by atoms with van der Waals surface area (Å²) in [5, 5.41) is 9.54. The van der Waals surface area contributed by atoms with Crippen LogP contribution in [0.1, 0.15) is 12.0 Å². The minimum atomic E-state index is -0.890. The molecule has 0 saturated carbocycles. The van der Waals surface area contributed by atoms with Crippen LogP contribution >= 0.6 is 11.6 Å². The van der Waals surface area contributed by atoms with E-state index in [1.807, 2.05) is 19.1 Å². The van der Waals surface area contributed by atoms with E-state index in [1.54, 1.807) is 7.05 Å². The minimum absolute atomic E-state index is 0.0215. The zero-order chi connectivity index (χ0) is 14.2. The number of hydrogen-bond donors (Lipinski definition) is 2. The summed E-state index contributed by atoms with van der Waals surface area (Å²) in [6.45, 7) is 3.49. The first-order valence-electron chi connectivity index (χ1n) is 6.16. The number of anilines is 2. The minimum Gasteiger partial charge on any atom is -0.465 e. The standard InChI is InChI=1S/C13H18ClN3O2/c1-8-5-11(15)10(14)6-12(8)17-4-3-9(7-17)16(2)13(18)19/h5-6,9H,3-4,7,15H2,1-2H3,(H,18,19). The van der Waals surface area contributed by atoms with Gasteiger partial charge in [0.1, 0.15) is 0 Å². The maximum Gasteiger partial charge on any atom is 0.407 e. The summed E-state index contributed by atoms with van der Waals surface area (Å²) in [6.07, 6.45) is -0.0663. The largest absolute Gasteiger partial charge is 0.465 e. The van der Waals surface area contributed by atoms with Crippen LogP contribution in [0.4, 0.5) is 16.2 Å². The Balaban J connectivity index is 2.17. The molecule has 1 aromatic carbocycles. The Labute approximate surface area is 117 Å². The zero-order valence-electron chi connectivity index (χ0n) is 11.1. The highest BCUT2D eigenvalue weighted by molar-refractivity contribution is 6.33. The van der Waals surface area contributed by atoms with Crippen molar-refractivity contribution in [2.45, 2.75) is 19.4 Å². The lowest BCUT2D eigenvalue weighted by molar-refractivity contribution is 0.142. The van der Waals surface area contributed by atoms with Crippen LogP contribution in [0.25, 0.3) is 0 Å². The average Bonchev–Trinajstić information content (AvgIpc) is 2.81. The molecular formula is C13H18ClN3O2. The van der Waals surface area contributed by atoms with Gasteiger partial charge in [0.2, 0.25) is 0 Å². The van der Waals surface area contributed by atoms with Crippen molar-refractivity contribution in [3.05, 3.63) is 22.7 Å². The zero-order valence-corrected chi connectivity index (χ0v) is 11.8. The first kappa shape index (κ1) is 13.8. The summed E-state index contributed by atoms with van der Waals surface area (Å²) in [7, 11) is 1.61. The van der Waals surface area contributed by atoms with Gasteiger partial charge in [-0.15, -0.1) is 0 Å². The van der Waals surface area contributed by atoms with Gasteiger partial charge in [-0.25, -0.2) is 4.79 Å². The third kappa shape index (κ3) is 2.71. The number of halogens is 1. The quantitative estimate of drug-likeness (QED) is 0.818. The molecule has 1 unspecified atom stereocenters. The van der Waals surface area contributed by atoms with Gasteiger partial charge in [0.25, 0.3) is 0 Å². The number of carboxylic acid groups (broad SMARTS) is 1. The molecule has 5 nitrogen and oxygen atoms in total. The van der Waals surface area contributed by atoms with Gasteiger partial charge in [-0.1, -0.05) is 11.6 Å². The first-order chi connectivity index (χ1) is 8.90. The third-order valence-corrected chi connectivity index (χ3v) is 4.00. The van der Waals surface area contributed by atoms with E-state index in [0.29, 0.717) is 17.3 Å². The predicted octanol–water partition coefficient (Wildman–Crippen LogP) is 2.42. The van der Waals surface area contributed by atoms with Crippen molar-refractivity contribution in [2.24, 2.45) is 0 Å². The number of nitrogens with two attached hydrogens (primary N) is 1. The molecule has 1 fully saturated rings. The Hall–Kier alpha value is -1.62. The number of rotatable bonds is 2. The normalized spacial score (nSPS) is 18.7. The Morgan fingerprint density at radius 3 is 2.89 bits per heavy atom. The molecule has 0 radical (unpaired) electrons. The fourth-order valence-corrected chi connectivity index (χ4v) is 2.62. The lowest BCUT2D eigenvalue weighted by atomic mass is 10.1. The first-order valence-corrected chi connectivity index (χ1v) is 6.54. The molecule has 1 aliphatic rings. The van der Waals surface area contributed by atoms with E-state index in [0.717, 1.165) is 24.2 Å². The molecule has 1 saturated heterocycles. The van der Waals surface area contributed by atoms with Crippen LogP contribution in [0.2, 0.25) is 5.02 Å². The van der Waals surface area contributed by atoms with Crippen LogP contribution < -0.4 is 10.6 Å². The van der Waals surface area contributed by atoms with Crippen molar-refractivity contribution < 1.29 is 9.90 Å². The molecule has 0 aliphatic carbocycles. The van der Waals surface area contributed by atoms with Crippen molar-refractivity contribution in [1.29, 1.82) is 0 Å². The monoisotopic (exact) mass is 283 g/mol. The maximum absolute atomic E-state index is 11.0. The number of aryl methyl sites for hydroxylation is 1. The van der Waals surface area contributed by atoms with Crippen molar-refractivity contribution in [3.63, 3.8) is 0 Å². The van der Waals surface area contributed by atoms with Crippen LogP contribution in [0.5, 0.6) is 0 Å². The Morgan fingerprint density at radius 2 is 2.26 bits per heavy atom. The van der Waals surface area contributed by atoms with Crippen molar-refractivity contribution in [1.82, 2.24) is 4.90 Å². The molecule has 2 rings (SSSR count). The number of amides is 1. The summed E-state index contributed by atoms with van der Waals surface area (Å²) >= 11 is 6.06. The molecule has 0 spiro atoms. The van der Waals surface area contributed by atoms with Crippen LogP contribution in [0, 0.1) is 6.92 Å². The highest BCUT2D eigenvalue weighted by Gasteiger charge is 2.29. The lowest BCUT2D eigenvalue weighted by Crippen LogP contribution is -2.38. The number of benzene rings is 1. The Kier molecular flexibility index (Phi) is 3.75. The highest BCUT2D eigenvalue weighted by Crippen LogP contribution is 2.32. The molecule has 1 amide bonds. The summed E-state index contributed by atoms with van der Waals surface area (Å²) in [5.41, 5.74) is 8.42. The van der Waals surface area contributed by atoms with Crippen LogP contribution in [-0.2, 0) is 0 Å². The number of hydrogen-bond acceptors (Lipinski definition) is 3. The number of likely N-dealkylation sites (N-methyl/N-ethyl adjacent to an activating group) is 1. The molecule has 19 heavy (non-hydrogen) atoms. The third-order valence-electron chi connectivity index (χ3n) is 3.67. The van der Waals surface area contributed by atoms with Gasteiger partial charge >= 0.3 is 6.09 Å². The Bertz CT molecular complexity index is 507. The molecule has 1 heterocycles. The second-order valence-electron chi connectivity index (χ2n) is 4.94. The molecule has 104 valence electrons. The highest BCUT2D eigenvalue weighted by atomic mass is 35.5. The van der Waals surface area contributed by atoms with Crippen molar-refractivity contribution in [3.8, 4) is 0 Å². The van der Waals surface area contributed by atoms with Gasteiger partial charge in [0.15, 0.2) is 0 Å². The molecule has 0 aromatic heterocycles. The molecule has 3 N–H and O–H groups in total. The predicted molar refractivity (Wildman–Crippen MR) is 77.0 cm³/mol. The second kappa shape index (κ2) is 5.17. The van der Waals surface area contributed by atoms with Gasteiger partial charge in [-0.3, -0.25) is 0 Å². The lowest BCUT2D eigenvalue weighted by Gasteiger charge is -2.24. The van der Waals surface area contributed by atoms with E-state index in [2.05, 4.69) is 4.90 Å². The van der Waals surface area contributed by atoms with Crippen LogP contribution in [-0.4, -0.2) is 42.3 Å². The molecule has 0 bridgehead atoms. The maximum atomic E-state index is 11.0. The van der Waals surface area contributed by atoms with E-state index in [9.17, 15) is 4.79 Å². The molecular weight excluding hydrogens is 266 g/mol. The number of carbonyl (C=O) groups is 1. The van der Waals surface area contributed by atoms with Gasteiger partial charge < -0.3 is 20.6 Å². The van der Waals surface area contributed by atoms with E-state index in [1.165, 1.54) is 4.90 Å². The van der Waals surface area contributed by atoms with Gasteiger partial charge in [0, 0.05) is 25.8 Å². The van der Waals surface area contributed by atoms with Gasteiger partial charge in [0.05, 0.1) is 16.8 Å². The molecule has 1 aromatic rings. The summed E-state index contributed by atoms with van der Waals surface area (Å²) in [4.78, 5) is 14.5. The van der Waals surface area contributed by atoms with Crippen molar-refractivity contribution >= 4 is 29.1 Å². The molecule has 6 heteroatoms. The molecule has 1 atom stereocenters. The topological polar surface area (TPSA) is 69.8 Å². The smallest absolute Gasteiger partial charge is 0.407 e. The fourth-order valence-electron chi connectivity index (χ4n) is 2.47. The second-order valence-corrected chi connectivity index (χ2v) is 5.35. The van der Waals surface area contributed by atoms with Crippen LogP contribution in [0.15, 0.2) is 12.1 Å². The Morgan fingerprint density at radius 1 is 1.58 bits per heavy atom. The van der Waals surface area contributed by atoms with Gasteiger partial charge in [-0.05, 0) is 31.0 Å². The van der Waals surface area contributed by atoms with E-state index in [4.69, 9.17) is 22.4 Å². The summed E-state index contributed by atoms with van der Waals surface area (Å²) in [6, 6.07) is 3.73. The van der Waals surface area contributed by atoms with E-state index >= 15 is 0 Å².